The largest absolute Gasteiger partial charge is 0.356 e. The van der Waals surface area contributed by atoms with Crippen molar-refractivity contribution in [3.05, 3.63) is 35.6 Å². The molecule has 1 heterocycles. The van der Waals surface area contributed by atoms with Crippen molar-refractivity contribution in [3.63, 3.8) is 0 Å². The van der Waals surface area contributed by atoms with Gasteiger partial charge in [0.15, 0.2) is 0 Å². The highest BCUT2D eigenvalue weighted by atomic mass is 19.1. The van der Waals surface area contributed by atoms with Crippen molar-refractivity contribution in [2.24, 2.45) is 11.8 Å². The monoisotopic (exact) mass is 250 g/mol. The van der Waals surface area contributed by atoms with Gasteiger partial charge in [-0.1, -0.05) is 19.1 Å². The van der Waals surface area contributed by atoms with Crippen LogP contribution >= 0.6 is 0 Å². The molecule has 1 saturated heterocycles. The van der Waals surface area contributed by atoms with E-state index < -0.39 is 0 Å². The molecule has 0 saturated carbocycles. The molecule has 0 bridgehead atoms. The molecule has 0 aromatic heterocycles. The molecule has 1 aliphatic rings. The maximum Gasteiger partial charge on any atom is 0.223 e. The van der Waals surface area contributed by atoms with E-state index in [1.807, 2.05) is 13.0 Å². The van der Waals surface area contributed by atoms with E-state index in [4.69, 9.17) is 0 Å². The summed E-state index contributed by atoms with van der Waals surface area (Å²) >= 11 is 0. The molecule has 18 heavy (non-hydrogen) atoms. The molecular formula is C14H19FN2O. The molecule has 98 valence electrons. The van der Waals surface area contributed by atoms with Gasteiger partial charge in [-0.3, -0.25) is 4.79 Å². The summed E-state index contributed by atoms with van der Waals surface area (Å²) < 4.78 is 12.9. The van der Waals surface area contributed by atoms with Crippen LogP contribution in [-0.4, -0.2) is 25.5 Å². The molecule has 4 heteroatoms. The summed E-state index contributed by atoms with van der Waals surface area (Å²) in [6, 6.07) is 6.49. The molecule has 0 spiro atoms. The van der Waals surface area contributed by atoms with Crippen molar-refractivity contribution in [1.29, 1.82) is 0 Å². The van der Waals surface area contributed by atoms with Crippen LogP contribution in [0.4, 0.5) is 4.39 Å². The number of nitrogens with one attached hydrogen (secondary N) is 2. The summed E-state index contributed by atoms with van der Waals surface area (Å²) in [5.41, 5.74) is 0.910. The van der Waals surface area contributed by atoms with Gasteiger partial charge >= 0.3 is 0 Å². The second-order valence-corrected chi connectivity index (χ2v) is 4.88. The average Bonchev–Trinajstić information content (AvgIpc) is 2.26. The summed E-state index contributed by atoms with van der Waals surface area (Å²) in [6.45, 7) is 4.38. The van der Waals surface area contributed by atoms with E-state index in [-0.39, 0.29) is 17.6 Å². The van der Waals surface area contributed by atoms with Crippen molar-refractivity contribution < 1.29 is 9.18 Å². The normalized spacial score (nSPS) is 17.0. The molecule has 2 N–H and O–H groups in total. The fraction of sp³-hybridized carbons (Fsp3) is 0.500. The first-order valence-electron chi connectivity index (χ1n) is 6.39. The Morgan fingerprint density at radius 1 is 1.56 bits per heavy atom. The number of carbonyl (C=O) groups is 1. The summed E-state index contributed by atoms with van der Waals surface area (Å²) in [5.74, 6) is 0.378. The van der Waals surface area contributed by atoms with Crippen LogP contribution in [0, 0.1) is 17.7 Å². The fourth-order valence-electron chi connectivity index (χ4n) is 2.06. The van der Waals surface area contributed by atoms with Gasteiger partial charge in [-0.2, -0.15) is 0 Å². The number of rotatable bonds is 5. The van der Waals surface area contributed by atoms with Gasteiger partial charge in [0.1, 0.15) is 5.82 Å². The van der Waals surface area contributed by atoms with Crippen LogP contribution < -0.4 is 10.6 Å². The lowest BCUT2D eigenvalue weighted by molar-refractivity contribution is -0.126. The first-order chi connectivity index (χ1) is 8.66. The van der Waals surface area contributed by atoms with Crippen LogP contribution in [0.25, 0.3) is 0 Å². The van der Waals surface area contributed by atoms with Crippen LogP contribution in [-0.2, 0) is 11.2 Å². The second-order valence-electron chi connectivity index (χ2n) is 4.88. The second kappa shape index (κ2) is 5.96. The molecule has 1 fully saturated rings. The van der Waals surface area contributed by atoms with E-state index in [1.165, 1.54) is 12.1 Å². The quantitative estimate of drug-likeness (QED) is 0.828. The molecule has 2 rings (SSSR count). The third-order valence-electron chi connectivity index (χ3n) is 3.54. The van der Waals surface area contributed by atoms with Crippen LogP contribution in [0.5, 0.6) is 0 Å². The van der Waals surface area contributed by atoms with Gasteiger partial charge in [0.05, 0.1) is 0 Å². The van der Waals surface area contributed by atoms with Crippen molar-refractivity contribution in [3.8, 4) is 0 Å². The SMILES string of the molecule is CC(C(=O)NCCc1cccc(F)c1)C1CNC1. The highest BCUT2D eigenvalue weighted by Gasteiger charge is 2.28. The van der Waals surface area contributed by atoms with Crippen molar-refractivity contribution in [2.75, 3.05) is 19.6 Å². The summed E-state index contributed by atoms with van der Waals surface area (Å²) in [7, 11) is 0. The molecule has 1 aromatic rings. The van der Waals surface area contributed by atoms with Crippen molar-refractivity contribution >= 4 is 5.91 Å². The summed E-state index contributed by atoms with van der Waals surface area (Å²) in [5, 5.41) is 6.07. The zero-order valence-corrected chi connectivity index (χ0v) is 10.6. The first-order valence-corrected chi connectivity index (χ1v) is 6.39. The Morgan fingerprint density at radius 2 is 2.33 bits per heavy atom. The predicted molar refractivity (Wildman–Crippen MR) is 68.6 cm³/mol. The van der Waals surface area contributed by atoms with Crippen LogP contribution in [0.2, 0.25) is 0 Å². The Kier molecular flexibility index (Phi) is 4.31. The molecular weight excluding hydrogens is 231 g/mol. The molecule has 1 unspecified atom stereocenters. The molecule has 1 aliphatic heterocycles. The van der Waals surface area contributed by atoms with Gasteiger partial charge in [-0.15, -0.1) is 0 Å². The number of halogens is 1. The summed E-state index contributed by atoms with van der Waals surface area (Å²) in [4.78, 5) is 11.8. The zero-order valence-electron chi connectivity index (χ0n) is 10.6. The van der Waals surface area contributed by atoms with E-state index in [2.05, 4.69) is 10.6 Å². The minimum Gasteiger partial charge on any atom is -0.356 e. The predicted octanol–water partition coefficient (Wildman–Crippen LogP) is 1.34. The van der Waals surface area contributed by atoms with E-state index in [9.17, 15) is 9.18 Å². The Hall–Kier alpha value is -1.42. The van der Waals surface area contributed by atoms with Gasteiger partial charge < -0.3 is 10.6 Å². The topological polar surface area (TPSA) is 41.1 Å². The highest BCUT2D eigenvalue weighted by Crippen LogP contribution is 2.15. The zero-order chi connectivity index (χ0) is 13.0. The van der Waals surface area contributed by atoms with Gasteiger partial charge in [-0.05, 0) is 43.1 Å². The third-order valence-corrected chi connectivity index (χ3v) is 3.54. The van der Waals surface area contributed by atoms with Crippen molar-refractivity contribution in [2.45, 2.75) is 13.3 Å². The summed E-state index contributed by atoms with van der Waals surface area (Å²) in [6.07, 6.45) is 0.666. The number of benzene rings is 1. The molecule has 3 nitrogen and oxygen atoms in total. The van der Waals surface area contributed by atoms with Gasteiger partial charge in [-0.25, -0.2) is 4.39 Å². The molecule has 1 aromatic carbocycles. The molecule has 1 atom stereocenters. The van der Waals surface area contributed by atoms with Gasteiger partial charge in [0.25, 0.3) is 0 Å². The Balaban J connectivity index is 1.73. The van der Waals surface area contributed by atoms with Crippen LogP contribution in [0.3, 0.4) is 0 Å². The number of hydrogen-bond donors (Lipinski definition) is 2. The standard InChI is InChI=1S/C14H19FN2O/c1-10(12-8-16-9-12)14(18)17-6-5-11-3-2-4-13(15)7-11/h2-4,7,10,12,16H,5-6,8-9H2,1H3,(H,17,18). The van der Waals surface area contributed by atoms with E-state index >= 15 is 0 Å². The number of amides is 1. The lowest BCUT2D eigenvalue weighted by Crippen LogP contribution is -2.49. The van der Waals surface area contributed by atoms with E-state index in [0.29, 0.717) is 18.9 Å². The maximum atomic E-state index is 12.9. The molecule has 1 amide bonds. The number of carbonyl (C=O) groups excluding carboxylic acids is 1. The minimum atomic E-state index is -0.229. The van der Waals surface area contributed by atoms with Crippen LogP contribution in [0.1, 0.15) is 12.5 Å². The minimum absolute atomic E-state index is 0.0544. The fourth-order valence-corrected chi connectivity index (χ4v) is 2.06. The molecule has 0 radical (unpaired) electrons. The van der Waals surface area contributed by atoms with Gasteiger partial charge in [0.2, 0.25) is 5.91 Å². The van der Waals surface area contributed by atoms with E-state index in [1.54, 1.807) is 6.07 Å². The van der Waals surface area contributed by atoms with Crippen molar-refractivity contribution in [1.82, 2.24) is 10.6 Å². The highest BCUT2D eigenvalue weighted by molar-refractivity contribution is 5.78. The Bertz CT molecular complexity index is 418. The molecule has 0 aliphatic carbocycles. The third kappa shape index (κ3) is 3.29. The Morgan fingerprint density at radius 3 is 2.94 bits per heavy atom. The average molecular weight is 250 g/mol. The first kappa shape index (κ1) is 13.0. The van der Waals surface area contributed by atoms with E-state index in [0.717, 1.165) is 18.7 Å². The lowest BCUT2D eigenvalue weighted by atomic mass is 9.88. The number of hydrogen-bond acceptors (Lipinski definition) is 2. The van der Waals surface area contributed by atoms with Crippen LogP contribution in [0.15, 0.2) is 24.3 Å². The maximum absolute atomic E-state index is 12.9. The lowest BCUT2D eigenvalue weighted by Gasteiger charge is -2.31. The Labute approximate surface area is 107 Å². The smallest absolute Gasteiger partial charge is 0.223 e. The van der Waals surface area contributed by atoms with Gasteiger partial charge in [0, 0.05) is 12.5 Å².